The first-order valence-electron chi connectivity index (χ1n) is 3.12. The zero-order valence-corrected chi connectivity index (χ0v) is 6.16. The molecule has 0 fully saturated rings. The Balaban J connectivity index is 3.54. The van der Waals surface area contributed by atoms with Crippen molar-refractivity contribution >= 4 is 0 Å². The molecule has 0 aliphatic heterocycles. The summed E-state index contributed by atoms with van der Waals surface area (Å²) in [7, 11) is 0. The van der Waals surface area contributed by atoms with Gasteiger partial charge in [-0.3, -0.25) is 0 Å². The van der Waals surface area contributed by atoms with E-state index in [-0.39, 0.29) is 5.56 Å². The van der Waals surface area contributed by atoms with Crippen LogP contribution in [-0.4, -0.2) is 0 Å². The summed E-state index contributed by atoms with van der Waals surface area (Å²) in [6.07, 6.45) is 0. The lowest BCUT2D eigenvalue weighted by Crippen LogP contribution is -1.97. The predicted molar refractivity (Wildman–Crippen MR) is 35.8 cm³/mol. The lowest BCUT2D eigenvalue weighted by atomic mass is 10.1. The molecule has 62 valence electrons. The summed E-state index contributed by atoms with van der Waals surface area (Å²) in [6.45, 7) is 1.22. The van der Waals surface area contributed by atoms with Gasteiger partial charge in [-0.25, -0.2) is 13.2 Å². The third-order valence-electron chi connectivity index (χ3n) is 1.45. The van der Waals surface area contributed by atoms with Crippen molar-refractivity contribution in [2.45, 2.75) is 6.92 Å². The van der Waals surface area contributed by atoms with E-state index in [2.05, 4.69) is 0 Å². The average molecular weight is 171 g/mol. The first-order chi connectivity index (χ1) is 5.57. The topological polar surface area (TPSA) is 23.8 Å². The van der Waals surface area contributed by atoms with Gasteiger partial charge in [0.1, 0.15) is 17.4 Å². The van der Waals surface area contributed by atoms with Gasteiger partial charge in [0.05, 0.1) is 0 Å². The molecule has 0 amide bonds. The van der Waals surface area contributed by atoms with Crippen LogP contribution in [0.1, 0.15) is 11.1 Å². The van der Waals surface area contributed by atoms with Crippen LogP contribution in [0.3, 0.4) is 0 Å². The Morgan fingerprint density at radius 3 is 2.33 bits per heavy atom. The molecule has 0 bridgehead atoms. The Hall–Kier alpha value is -1.50. The summed E-state index contributed by atoms with van der Waals surface area (Å²) in [6, 6.07) is 2.03. The van der Waals surface area contributed by atoms with Crippen LogP contribution in [0.5, 0.6) is 0 Å². The van der Waals surface area contributed by atoms with Crippen LogP contribution in [0.25, 0.3) is 0 Å². The Labute approximate surface area is 67.1 Å². The second-order valence-electron chi connectivity index (χ2n) is 2.29. The highest BCUT2D eigenvalue weighted by atomic mass is 19.2. The maximum atomic E-state index is 12.7. The third kappa shape index (κ3) is 1.14. The fourth-order valence-corrected chi connectivity index (χ4v) is 0.816. The van der Waals surface area contributed by atoms with Gasteiger partial charge in [-0.1, -0.05) is 0 Å². The van der Waals surface area contributed by atoms with Crippen LogP contribution in [0.4, 0.5) is 13.2 Å². The summed E-state index contributed by atoms with van der Waals surface area (Å²) in [5.74, 6) is -3.63. The number of hydrogen-bond acceptors (Lipinski definition) is 1. The predicted octanol–water partition coefficient (Wildman–Crippen LogP) is 2.28. The molecule has 0 saturated carbocycles. The first kappa shape index (κ1) is 8.60. The molecular formula is C8H4F3N. The van der Waals surface area contributed by atoms with Gasteiger partial charge in [-0.2, -0.15) is 5.26 Å². The van der Waals surface area contributed by atoms with E-state index < -0.39 is 23.0 Å². The third-order valence-corrected chi connectivity index (χ3v) is 1.45. The SMILES string of the molecule is Cc1cc(F)c(C#N)c(F)c1F. The molecule has 12 heavy (non-hydrogen) atoms. The Kier molecular flexibility index (Phi) is 2.05. The second kappa shape index (κ2) is 2.86. The Bertz CT molecular complexity index is 366. The molecule has 1 nitrogen and oxygen atoms in total. The molecule has 4 heteroatoms. The fourth-order valence-electron chi connectivity index (χ4n) is 0.816. The van der Waals surface area contributed by atoms with E-state index in [0.717, 1.165) is 6.07 Å². The fraction of sp³-hybridized carbons (Fsp3) is 0.125. The van der Waals surface area contributed by atoms with Crippen LogP contribution in [0.2, 0.25) is 0 Å². The maximum Gasteiger partial charge on any atom is 0.179 e. The Morgan fingerprint density at radius 2 is 1.83 bits per heavy atom. The van der Waals surface area contributed by atoms with Crippen molar-refractivity contribution in [3.63, 3.8) is 0 Å². The second-order valence-corrected chi connectivity index (χ2v) is 2.29. The largest absolute Gasteiger partial charge is 0.205 e. The number of nitriles is 1. The molecule has 1 aromatic carbocycles. The van der Waals surface area contributed by atoms with Crippen LogP contribution < -0.4 is 0 Å². The van der Waals surface area contributed by atoms with E-state index in [9.17, 15) is 13.2 Å². The van der Waals surface area contributed by atoms with Crippen molar-refractivity contribution in [1.82, 2.24) is 0 Å². The number of hydrogen-bond donors (Lipinski definition) is 0. The van der Waals surface area contributed by atoms with Gasteiger partial charge < -0.3 is 0 Å². The highest BCUT2D eigenvalue weighted by molar-refractivity contribution is 5.35. The highest BCUT2D eigenvalue weighted by Crippen LogP contribution is 2.18. The number of aryl methyl sites for hydroxylation is 1. The minimum Gasteiger partial charge on any atom is -0.205 e. The van der Waals surface area contributed by atoms with Crippen molar-refractivity contribution in [3.05, 3.63) is 34.6 Å². The highest BCUT2D eigenvalue weighted by Gasteiger charge is 2.15. The molecule has 0 radical (unpaired) electrons. The van der Waals surface area contributed by atoms with Crippen molar-refractivity contribution in [3.8, 4) is 6.07 Å². The molecule has 0 aliphatic rings. The standard InChI is InChI=1S/C8H4F3N/c1-4-2-6(9)5(3-12)8(11)7(4)10/h2H,1H3. The van der Waals surface area contributed by atoms with Crippen LogP contribution >= 0.6 is 0 Å². The van der Waals surface area contributed by atoms with Crippen molar-refractivity contribution in [2.24, 2.45) is 0 Å². The summed E-state index contributed by atoms with van der Waals surface area (Å²) in [5, 5.41) is 8.22. The molecule has 0 N–H and O–H groups in total. The summed E-state index contributed by atoms with van der Waals surface area (Å²) >= 11 is 0. The summed E-state index contributed by atoms with van der Waals surface area (Å²) < 4.78 is 38.0. The van der Waals surface area contributed by atoms with E-state index >= 15 is 0 Å². The normalized spacial score (nSPS) is 9.58. The Morgan fingerprint density at radius 1 is 1.25 bits per heavy atom. The van der Waals surface area contributed by atoms with Crippen molar-refractivity contribution < 1.29 is 13.2 Å². The number of rotatable bonds is 0. The van der Waals surface area contributed by atoms with Crippen LogP contribution in [0, 0.1) is 35.7 Å². The maximum absolute atomic E-state index is 12.7. The molecule has 0 saturated heterocycles. The van der Waals surface area contributed by atoms with Gasteiger partial charge in [-0.05, 0) is 18.6 Å². The molecule has 0 heterocycles. The van der Waals surface area contributed by atoms with Crippen molar-refractivity contribution in [1.29, 1.82) is 5.26 Å². The van der Waals surface area contributed by atoms with Gasteiger partial charge in [0.2, 0.25) is 0 Å². The molecule has 0 atom stereocenters. The quantitative estimate of drug-likeness (QED) is 0.549. The number of nitrogens with zero attached hydrogens (tertiary/aromatic N) is 1. The zero-order valence-electron chi connectivity index (χ0n) is 6.16. The lowest BCUT2D eigenvalue weighted by molar-refractivity contribution is 0.485. The summed E-state index contributed by atoms with van der Waals surface area (Å²) in [4.78, 5) is 0. The van der Waals surface area contributed by atoms with Crippen LogP contribution in [-0.2, 0) is 0 Å². The molecule has 1 aromatic rings. The average Bonchev–Trinajstić information content (AvgIpc) is 2.01. The molecule has 1 rings (SSSR count). The van der Waals surface area contributed by atoms with Gasteiger partial charge in [0.25, 0.3) is 0 Å². The molecule has 0 aromatic heterocycles. The zero-order chi connectivity index (χ0) is 9.30. The summed E-state index contributed by atoms with van der Waals surface area (Å²) in [5.41, 5.74) is -1.03. The lowest BCUT2D eigenvalue weighted by Gasteiger charge is -2.00. The smallest absolute Gasteiger partial charge is 0.179 e. The van der Waals surface area contributed by atoms with Gasteiger partial charge >= 0.3 is 0 Å². The van der Waals surface area contributed by atoms with Gasteiger partial charge in [0.15, 0.2) is 11.6 Å². The van der Waals surface area contributed by atoms with Gasteiger partial charge in [-0.15, -0.1) is 0 Å². The van der Waals surface area contributed by atoms with E-state index in [0.29, 0.717) is 0 Å². The van der Waals surface area contributed by atoms with E-state index in [1.165, 1.54) is 13.0 Å². The minimum absolute atomic E-state index is 0.149. The van der Waals surface area contributed by atoms with E-state index in [1.807, 2.05) is 0 Å². The molecule has 0 unspecified atom stereocenters. The van der Waals surface area contributed by atoms with E-state index in [1.54, 1.807) is 0 Å². The van der Waals surface area contributed by atoms with Crippen molar-refractivity contribution in [2.75, 3.05) is 0 Å². The molecule has 0 spiro atoms. The van der Waals surface area contributed by atoms with E-state index in [4.69, 9.17) is 5.26 Å². The van der Waals surface area contributed by atoms with Gasteiger partial charge in [0, 0.05) is 0 Å². The monoisotopic (exact) mass is 171 g/mol. The number of benzene rings is 1. The molecule has 0 aliphatic carbocycles. The number of halogens is 3. The van der Waals surface area contributed by atoms with Crippen LogP contribution in [0.15, 0.2) is 6.07 Å². The first-order valence-corrected chi connectivity index (χ1v) is 3.12. The minimum atomic E-state index is -1.42. The molecular weight excluding hydrogens is 167 g/mol.